The van der Waals surface area contributed by atoms with Gasteiger partial charge in [-0.3, -0.25) is 14.5 Å². The Labute approximate surface area is 177 Å². The molecule has 0 saturated carbocycles. The van der Waals surface area contributed by atoms with E-state index in [1.807, 2.05) is 19.9 Å². The van der Waals surface area contributed by atoms with Crippen LogP contribution in [0.2, 0.25) is 0 Å². The molecule has 1 aromatic carbocycles. The first-order chi connectivity index (χ1) is 14.1. The summed E-state index contributed by atoms with van der Waals surface area (Å²) in [4.78, 5) is 32.4. The smallest absolute Gasteiger partial charge is 0.253 e. The average molecular weight is 433 g/mol. The van der Waals surface area contributed by atoms with Crippen molar-refractivity contribution < 1.29 is 18.0 Å². The van der Waals surface area contributed by atoms with E-state index in [1.165, 1.54) is 26.2 Å². The molecule has 9 heteroatoms. The lowest BCUT2D eigenvalue weighted by atomic mass is 10.1. The minimum absolute atomic E-state index is 0.0781. The van der Waals surface area contributed by atoms with E-state index in [0.29, 0.717) is 38.3 Å². The number of aryl methyl sites for hydroxylation is 2. The highest BCUT2D eigenvalue weighted by atomic mass is 32.2. The number of carbonyl (C=O) groups is 2. The fraction of sp³-hybridized carbons (Fsp3) is 0.429. The van der Waals surface area contributed by atoms with E-state index in [2.05, 4.69) is 9.88 Å². The zero-order chi connectivity index (χ0) is 22.1. The zero-order valence-electron chi connectivity index (χ0n) is 17.8. The number of carbonyl (C=O) groups excluding carboxylic acids is 2. The molecule has 2 heterocycles. The van der Waals surface area contributed by atoms with Crippen LogP contribution in [-0.4, -0.2) is 86.0 Å². The summed E-state index contributed by atoms with van der Waals surface area (Å²) < 4.78 is 25.5. The SMILES string of the molecule is Cc1cc(C(=O)CN2CCN(C(=O)c3ccc(S(=O)(=O)N(C)C)cc3)CC2)c(C)[nH]1. The maximum Gasteiger partial charge on any atom is 0.253 e. The van der Waals surface area contributed by atoms with Gasteiger partial charge in [-0.1, -0.05) is 0 Å². The number of hydrogen-bond donors (Lipinski definition) is 1. The molecule has 1 N–H and O–H groups in total. The third kappa shape index (κ3) is 4.63. The Morgan fingerprint density at radius 2 is 1.63 bits per heavy atom. The van der Waals surface area contributed by atoms with Gasteiger partial charge in [-0.25, -0.2) is 12.7 Å². The Balaban J connectivity index is 1.57. The first kappa shape index (κ1) is 22.2. The van der Waals surface area contributed by atoms with E-state index in [-0.39, 0.29) is 16.6 Å². The molecular formula is C21H28N4O4S. The van der Waals surface area contributed by atoms with E-state index in [9.17, 15) is 18.0 Å². The van der Waals surface area contributed by atoms with Crippen molar-refractivity contribution in [3.8, 4) is 0 Å². The summed E-state index contributed by atoms with van der Waals surface area (Å²) in [6, 6.07) is 7.88. The van der Waals surface area contributed by atoms with Crippen molar-refractivity contribution in [1.29, 1.82) is 0 Å². The topological polar surface area (TPSA) is 93.8 Å². The Bertz CT molecular complexity index is 1030. The number of nitrogens with zero attached hydrogens (tertiary/aromatic N) is 3. The minimum Gasteiger partial charge on any atom is -0.362 e. The predicted octanol–water partition coefficient (Wildman–Crippen LogP) is 1.52. The first-order valence-electron chi connectivity index (χ1n) is 9.83. The van der Waals surface area contributed by atoms with Gasteiger partial charge in [0.05, 0.1) is 11.4 Å². The number of benzene rings is 1. The predicted molar refractivity (Wildman–Crippen MR) is 114 cm³/mol. The lowest BCUT2D eigenvalue weighted by molar-refractivity contribution is 0.0624. The fourth-order valence-electron chi connectivity index (χ4n) is 3.57. The summed E-state index contributed by atoms with van der Waals surface area (Å²) in [6.07, 6.45) is 0. The molecule has 0 radical (unpaired) electrons. The molecule has 1 aliphatic rings. The molecular weight excluding hydrogens is 404 g/mol. The average Bonchev–Trinajstić information content (AvgIpc) is 3.06. The van der Waals surface area contributed by atoms with Gasteiger partial charge in [0.2, 0.25) is 10.0 Å². The number of aromatic nitrogens is 1. The van der Waals surface area contributed by atoms with Gasteiger partial charge in [-0.15, -0.1) is 0 Å². The van der Waals surface area contributed by atoms with Crippen LogP contribution in [0.5, 0.6) is 0 Å². The number of aromatic amines is 1. The number of hydrogen-bond acceptors (Lipinski definition) is 5. The van der Waals surface area contributed by atoms with Gasteiger partial charge in [0, 0.05) is 62.8 Å². The Morgan fingerprint density at radius 1 is 1.03 bits per heavy atom. The molecule has 0 unspecified atom stereocenters. The lowest BCUT2D eigenvalue weighted by Crippen LogP contribution is -2.49. The molecule has 1 fully saturated rings. The second-order valence-corrected chi connectivity index (χ2v) is 9.95. The standard InChI is InChI=1S/C21H28N4O4S/c1-15-13-19(16(2)22-15)20(26)14-24-9-11-25(12-10-24)21(27)17-5-7-18(8-6-17)30(28,29)23(3)4/h5-8,13,22H,9-12,14H2,1-4H3. The van der Waals surface area contributed by atoms with Crippen molar-refractivity contribution in [3.05, 3.63) is 52.8 Å². The van der Waals surface area contributed by atoms with E-state index < -0.39 is 10.0 Å². The number of nitrogens with one attached hydrogen (secondary N) is 1. The van der Waals surface area contributed by atoms with Crippen molar-refractivity contribution in [3.63, 3.8) is 0 Å². The van der Waals surface area contributed by atoms with Crippen LogP contribution in [0.4, 0.5) is 0 Å². The maximum absolute atomic E-state index is 12.8. The summed E-state index contributed by atoms with van der Waals surface area (Å²) in [6.45, 7) is 6.43. The van der Waals surface area contributed by atoms with Gasteiger partial charge in [0.1, 0.15) is 0 Å². The summed E-state index contributed by atoms with van der Waals surface area (Å²) in [5.74, 6) is -0.0544. The number of Topliss-reactive ketones (excluding diaryl/α,β-unsaturated/α-hetero) is 1. The number of ketones is 1. The van der Waals surface area contributed by atoms with Crippen LogP contribution in [0, 0.1) is 13.8 Å². The number of H-pyrrole nitrogens is 1. The van der Waals surface area contributed by atoms with Gasteiger partial charge < -0.3 is 9.88 Å². The van der Waals surface area contributed by atoms with Crippen LogP contribution >= 0.6 is 0 Å². The number of sulfonamides is 1. The number of rotatable bonds is 6. The highest BCUT2D eigenvalue weighted by Gasteiger charge is 2.25. The molecule has 162 valence electrons. The van der Waals surface area contributed by atoms with Gasteiger partial charge in [0.25, 0.3) is 5.91 Å². The highest BCUT2D eigenvalue weighted by Crippen LogP contribution is 2.16. The molecule has 8 nitrogen and oxygen atoms in total. The maximum atomic E-state index is 12.8. The monoisotopic (exact) mass is 432 g/mol. The van der Waals surface area contributed by atoms with Crippen LogP contribution in [0.25, 0.3) is 0 Å². The Morgan fingerprint density at radius 3 is 2.13 bits per heavy atom. The largest absolute Gasteiger partial charge is 0.362 e. The van der Waals surface area contributed by atoms with E-state index in [1.54, 1.807) is 17.0 Å². The summed E-state index contributed by atoms with van der Waals surface area (Å²) in [7, 11) is -0.581. The minimum atomic E-state index is -3.52. The summed E-state index contributed by atoms with van der Waals surface area (Å²) in [5, 5.41) is 0. The molecule has 1 aliphatic heterocycles. The molecule has 1 saturated heterocycles. The van der Waals surface area contributed by atoms with Crippen LogP contribution in [0.3, 0.4) is 0 Å². The second-order valence-electron chi connectivity index (χ2n) is 7.79. The second kappa shape index (κ2) is 8.71. The van der Waals surface area contributed by atoms with E-state index in [0.717, 1.165) is 21.3 Å². The third-order valence-electron chi connectivity index (χ3n) is 5.36. The summed E-state index contributed by atoms with van der Waals surface area (Å²) >= 11 is 0. The zero-order valence-corrected chi connectivity index (χ0v) is 18.6. The van der Waals surface area contributed by atoms with E-state index >= 15 is 0 Å². The van der Waals surface area contributed by atoms with Crippen LogP contribution < -0.4 is 0 Å². The molecule has 1 amide bonds. The van der Waals surface area contributed by atoms with Crippen LogP contribution in [0.15, 0.2) is 35.2 Å². The molecule has 3 rings (SSSR count). The number of amides is 1. The normalized spacial score (nSPS) is 15.6. The number of piperazine rings is 1. The van der Waals surface area contributed by atoms with Crippen LogP contribution in [0.1, 0.15) is 32.1 Å². The fourth-order valence-corrected chi connectivity index (χ4v) is 4.48. The van der Waals surface area contributed by atoms with Crippen molar-refractivity contribution >= 4 is 21.7 Å². The van der Waals surface area contributed by atoms with Gasteiger partial charge in [0.15, 0.2) is 5.78 Å². The summed E-state index contributed by atoms with van der Waals surface area (Å²) in [5.41, 5.74) is 3.02. The van der Waals surface area contributed by atoms with Crippen molar-refractivity contribution in [2.45, 2.75) is 18.7 Å². The molecule has 0 atom stereocenters. The molecule has 1 aromatic heterocycles. The van der Waals surface area contributed by atoms with Gasteiger partial charge >= 0.3 is 0 Å². The highest BCUT2D eigenvalue weighted by molar-refractivity contribution is 7.89. The quantitative estimate of drug-likeness (QED) is 0.699. The molecule has 0 spiro atoms. The van der Waals surface area contributed by atoms with Gasteiger partial charge in [-0.2, -0.15) is 0 Å². The first-order valence-corrected chi connectivity index (χ1v) is 11.3. The van der Waals surface area contributed by atoms with E-state index in [4.69, 9.17) is 0 Å². The third-order valence-corrected chi connectivity index (χ3v) is 7.19. The lowest BCUT2D eigenvalue weighted by Gasteiger charge is -2.34. The van der Waals surface area contributed by atoms with Crippen molar-refractivity contribution in [2.24, 2.45) is 0 Å². The molecule has 0 aliphatic carbocycles. The Kier molecular flexibility index (Phi) is 6.44. The van der Waals surface area contributed by atoms with Crippen LogP contribution in [-0.2, 0) is 10.0 Å². The molecule has 2 aromatic rings. The van der Waals surface area contributed by atoms with Crippen molar-refractivity contribution in [2.75, 3.05) is 46.8 Å². The molecule has 30 heavy (non-hydrogen) atoms. The van der Waals surface area contributed by atoms with Gasteiger partial charge in [-0.05, 0) is 44.2 Å². The van der Waals surface area contributed by atoms with Crippen molar-refractivity contribution in [1.82, 2.24) is 19.1 Å². The molecule has 0 bridgehead atoms. The Hall–Kier alpha value is -2.49.